The highest BCUT2D eigenvalue weighted by Crippen LogP contribution is 2.22. The third-order valence-corrected chi connectivity index (χ3v) is 4.67. The number of benzene rings is 1. The van der Waals surface area contributed by atoms with Crippen molar-refractivity contribution in [2.45, 2.75) is 25.8 Å². The molecule has 5 heteroatoms. The minimum absolute atomic E-state index is 0.717. The molecule has 1 aromatic heterocycles. The fourth-order valence-electron chi connectivity index (χ4n) is 2.37. The molecule has 0 amide bonds. The third kappa shape index (κ3) is 3.74. The van der Waals surface area contributed by atoms with Gasteiger partial charge in [-0.15, -0.1) is 11.3 Å². The van der Waals surface area contributed by atoms with E-state index in [1.54, 1.807) is 7.11 Å². The molecule has 0 saturated carbocycles. The maximum absolute atomic E-state index is 5.74. The summed E-state index contributed by atoms with van der Waals surface area (Å²) in [7, 11) is 1.67. The molecule has 0 bridgehead atoms. The van der Waals surface area contributed by atoms with Gasteiger partial charge in [-0.1, -0.05) is 0 Å². The summed E-state index contributed by atoms with van der Waals surface area (Å²) in [5.41, 5.74) is 1.30. The zero-order valence-electron chi connectivity index (χ0n) is 12.2. The molecule has 0 aliphatic carbocycles. The molecule has 21 heavy (non-hydrogen) atoms. The number of fused-ring (bicyclic) bond motifs is 1. The lowest BCUT2D eigenvalue weighted by atomic mass is 10.2. The number of nitrogens with one attached hydrogen (secondary N) is 1. The second kappa shape index (κ2) is 6.91. The van der Waals surface area contributed by atoms with Crippen molar-refractivity contribution < 1.29 is 9.47 Å². The van der Waals surface area contributed by atoms with Crippen LogP contribution in [0.15, 0.2) is 24.3 Å². The fourth-order valence-corrected chi connectivity index (χ4v) is 3.50. The first kappa shape index (κ1) is 14.4. The molecule has 112 valence electrons. The van der Waals surface area contributed by atoms with Crippen molar-refractivity contribution in [2.75, 3.05) is 20.3 Å². The molecule has 1 aliphatic rings. The van der Waals surface area contributed by atoms with Crippen molar-refractivity contribution in [3.05, 3.63) is 39.8 Å². The van der Waals surface area contributed by atoms with E-state index >= 15 is 0 Å². The SMILES string of the molecule is COc1ccc(OCCCc2nc3c(s2)CNCC3)cc1. The first-order valence-corrected chi connectivity index (χ1v) is 8.12. The average Bonchev–Trinajstić information content (AvgIpc) is 2.95. The normalized spacial score (nSPS) is 13.8. The van der Waals surface area contributed by atoms with E-state index in [1.165, 1.54) is 15.6 Å². The molecule has 3 rings (SSSR count). The van der Waals surface area contributed by atoms with Gasteiger partial charge in [0.2, 0.25) is 0 Å². The minimum atomic E-state index is 0.717. The Morgan fingerprint density at radius 3 is 2.81 bits per heavy atom. The highest BCUT2D eigenvalue weighted by Gasteiger charge is 2.14. The summed E-state index contributed by atoms with van der Waals surface area (Å²) >= 11 is 1.84. The van der Waals surface area contributed by atoms with E-state index in [2.05, 4.69) is 5.32 Å². The molecule has 1 N–H and O–H groups in total. The number of nitrogens with zero attached hydrogens (tertiary/aromatic N) is 1. The van der Waals surface area contributed by atoms with Crippen LogP contribution in [0.3, 0.4) is 0 Å². The molecular weight excluding hydrogens is 284 g/mol. The summed E-state index contributed by atoms with van der Waals surface area (Å²) in [6, 6.07) is 7.70. The largest absolute Gasteiger partial charge is 0.497 e. The molecule has 0 spiro atoms. The summed E-state index contributed by atoms with van der Waals surface area (Å²) in [5, 5.41) is 4.63. The Morgan fingerprint density at radius 2 is 2.05 bits per heavy atom. The Bertz CT molecular complexity index is 557. The minimum Gasteiger partial charge on any atom is -0.497 e. The summed E-state index contributed by atoms with van der Waals surface area (Å²) in [6.07, 6.45) is 3.05. The zero-order chi connectivity index (χ0) is 14.5. The molecular formula is C16H20N2O2S. The van der Waals surface area contributed by atoms with Crippen molar-refractivity contribution in [3.63, 3.8) is 0 Å². The van der Waals surface area contributed by atoms with Crippen LogP contribution in [0.25, 0.3) is 0 Å². The monoisotopic (exact) mass is 304 g/mol. The fraction of sp³-hybridized carbons (Fsp3) is 0.438. The van der Waals surface area contributed by atoms with Gasteiger partial charge in [0.05, 0.1) is 24.4 Å². The summed E-state index contributed by atoms with van der Waals surface area (Å²) in [5.74, 6) is 1.74. The highest BCUT2D eigenvalue weighted by atomic mass is 32.1. The predicted molar refractivity (Wildman–Crippen MR) is 84.3 cm³/mol. The van der Waals surface area contributed by atoms with Gasteiger partial charge in [0.25, 0.3) is 0 Å². The van der Waals surface area contributed by atoms with Crippen molar-refractivity contribution in [3.8, 4) is 11.5 Å². The second-order valence-corrected chi connectivity index (χ2v) is 6.20. The van der Waals surface area contributed by atoms with Crippen molar-refractivity contribution >= 4 is 11.3 Å². The second-order valence-electron chi connectivity index (χ2n) is 5.03. The van der Waals surface area contributed by atoms with Crippen LogP contribution in [0.2, 0.25) is 0 Å². The van der Waals surface area contributed by atoms with Gasteiger partial charge in [-0.3, -0.25) is 0 Å². The van der Waals surface area contributed by atoms with Gasteiger partial charge in [-0.2, -0.15) is 0 Å². The van der Waals surface area contributed by atoms with Gasteiger partial charge >= 0.3 is 0 Å². The third-order valence-electron chi connectivity index (χ3n) is 3.51. The molecule has 2 heterocycles. The van der Waals surface area contributed by atoms with Gasteiger partial charge in [0.15, 0.2) is 0 Å². The first-order chi connectivity index (χ1) is 10.3. The quantitative estimate of drug-likeness (QED) is 0.834. The van der Waals surface area contributed by atoms with E-state index in [4.69, 9.17) is 14.5 Å². The molecule has 1 aromatic carbocycles. The highest BCUT2D eigenvalue weighted by molar-refractivity contribution is 7.11. The number of aryl methyl sites for hydroxylation is 1. The molecule has 0 unspecified atom stereocenters. The summed E-state index contributed by atoms with van der Waals surface area (Å²) in [4.78, 5) is 6.13. The standard InChI is InChI=1S/C16H20N2O2S/c1-19-12-4-6-13(7-5-12)20-10-2-3-16-18-14-8-9-17-11-15(14)21-16/h4-7,17H,2-3,8-11H2,1H3. The van der Waals surface area contributed by atoms with Gasteiger partial charge in [-0.25, -0.2) is 4.98 Å². The van der Waals surface area contributed by atoms with Crippen LogP contribution < -0.4 is 14.8 Å². The van der Waals surface area contributed by atoms with Crippen LogP contribution in [-0.2, 0) is 19.4 Å². The predicted octanol–water partition coefficient (Wildman–Crippen LogP) is 2.81. The van der Waals surface area contributed by atoms with Crippen molar-refractivity contribution in [1.29, 1.82) is 0 Å². The number of hydrogen-bond donors (Lipinski definition) is 1. The molecule has 2 aromatic rings. The topological polar surface area (TPSA) is 43.4 Å². The molecule has 1 aliphatic heterocycles. The van der Waals surface area contributed by atoms with E-state index < -0.39 is 0 Å². The number of ether oxygens (including phenoxy) is 2. The van der Waals surface area contributed by atoms with Crippen molar-refractivity contribution in [1.82, 2.24) is 10.3 Å². The Hall–Kier alpha value is -1.59. The average molecular weight is 304 g/mol. The lowest BCUT2D eigenvalue weighted by Gasteiger charge is -2.09. The number of aromatic nitrogens is 1. The maximum Gasteiger partial charge on any atom is 0.119 e. The smallest absolute Gasteiger partial charge is 0.119 e. The Kier molecular flexibility index (Phi) is 4.72. The first-order valence-electron chi connectivity index (χ1n) is 7.30. The number of hydrogen-bond acceptors (Lipinski definition) is 5. The summed E-state index contributed by atoms with van der Waals surface area (Å²) in [6.45, 7) is 2.75. The van der Waals surface area contributed by atoms with Crippen molar-refractivity contribution in [2.24, 2.45) is 0 Å². The molecule has 4 nitrogen and oxygen atoms in total. The molecule has 0 saturated heterocycles. The van der Waals surface area contributed by atoms with Crippen LogP contribution in [0, 0.1) is 0 Å². The number of methoxy groups -OCH3 is 1. The lowest BCUT2D eigenvalue weighted by molar-refractivity contribution is 0.310. The summed E-state index contributed by atoms with van der Waals surface area (Å²) < 4.78 is 10.9. The van der Waals surface area contributed by atoms with Crippen LogP contribution >= 0.6 is 11.3 Å². The maximum atomic E-state index is 5.74. The number of rotatable bonds is 6. The van der Waals surface area contributed by atoms with Crippen LogP contribution in [-0.4, -0.2) is 25.2 Å². The molecule has 0 fully saturated rings. The Labute approximate surface area is 129 Å². The van der Waals surface area contributed by atoms with E-state index in [-0.39, 0.29) is 0 Å². The molecule has 0 atom stereocenters. The number of thiazole rings is 1. The zero-order valence-corrected chi connectivity index (χ0v) is 13.0. The van der Waals surface area contributed by atoms with Gasteiger partial charge in [0.1, 0.15) is 11.5 Å². The van der Waals surface area contributed by atoms with Crippen LogP contribution in [0.1, 0.15) is 22.0 Å². The van der Waals surface area contributed by atoms with Crippen LogP contribution in [0.4, 0.5) is 0 Å². The lowest BCUT2D eigenvalue weighted by Crippen LogP contribution is -2.22. The van der Waals surface area contributed by atoms with Gasteiger partial charge in [-0.05, 0) is 30.7 Å². The van der Waals surface area contributed by atoms with E-state index in [0.29, 0.717) is 0 Å². The molecule has 0 radical (unpaired) electrons. The van der Waals surface area contributed by atoms with Gasteiger partial charge < -0.3 is 14.8 Å². The Balaban J connectivity index is 1.44. The van der Waals surface area contributed by atoms with E-state index in [9.17, 15) is 0 Å². The van der Waals surface area contributed by atoms with E-state index in [1.807, 2.05) is 35.6 Å². The van der Waals surface area contributed by atoms with Crippen LogP contribution in [0.5, 0.6) is 11.5 Å². The Morgan fingerprint density at radius 1 is 1.24 bits per heavy atom. The van der Waals surface area contributed by atoms with E-state index in [0.717, 1.165) is 50.5 Å². The van der Waals surface area contributed by atoms with Gasteiger partial charge in [0, 0.05) is 30.8 Å².